The number of aromatic nitrogens is 1. The van der Waals surface area contributed by atoms with Crippen LogP contribution in [-0.2, 0) is 14.3 Å². The fourth-order valence-corrected chi connectivity index (χ4v) is 2.63. The maximum Gasteiger partial charge on any atom is 0.344 e. The standard InChI is InChI=1S/C19H21N3O7/c1-10(2)17-16(11(3)22-29-17)19(25)27-9-15(23)20-21-18(24)14-8-26-12-6-4-5-7-13(12)28-14/h4-7,10,14H,8-9H2,1-3H3,(H,20,23)(H,21,24)/t14-/m1/s1. The number of nitrogens with one attached hydrogen (secondary N) is 2. The minimum absolute atomic E-state index is 0.00154. The third-order valence-electron chi connectivity index (χ3n) is 4.08. The number of amides is 2. The van der Waals surface area contributed by atoms with Crippen molar-refractivity contribution in [2.24, 2.45) is 0 Å². The quantitative estimate of drug-likeness (QED) is 0.564. The molecule has 10 nitrogen and oxygen atoms in total. The molecule has 1 aromatic heterocycles. The van der Waals surface area contributed by atoms with Gasteiger partial charge in [0.05, 0.1) is 5.69 Å². The monoisotopic (exact) mass is 403 g/mol. The fourth-order valence-electron chi connectivity index (χ4n) is 2.63. The van der Waals surface area contributed by atoms with Gasteiger partial charge in [-0.2, -0.15) is 0 Å². The molecule has 1 aliphatic rings. The van der Waals surface area contributed by atoms with E-state index in [1.54, 1.807) is 31.2 Å². The minimum Gasteiger partial charge on any atom is -0.485 e. The Morgan fingerprint density at radius 2 is 1.93 bits per heavy atom. The van der Waals surface area contributed by atoms with E-state index in [-0.39, 0.29) is 18.1 Å². The zero-order valence-electron chi connectivity index (χ0n) is 16.2. The summed E-state index contributed by atoms with van der Waals surface area (Å²) in [7, 11) is 0. The lowest BCUT2D eigenvalue weighted by atomic mass is 10.1. The number of fused-ring (bicyclic) bond motifs is 1. The Labute approximate surface area is 166 Å². The normalized spacial score (nSPS) is 15.0. The average Bonchev–Trinajstić information content (AvgIpc) is 3.11. The van der Waals surface area contributed by atoms with E-state index in [1.807, 2.05) is 13.8 Å². The van der Waals surface area contributed by atoms with Gasteiger partial charge < -0.3 is 18.7 Å². The van der Waals surface area contributed by atoms with E-state index in [2.05, 4.69) is 16.0 Å². The highest BCUT2D eigenvalue weighted by Crippen LogP contribution is 2.30. The lowest BCUT2D eigenvalue weighted by Gasteiger charge is -2.25. The molecule has 3 rings (SSSR count). The summed E-state index contributed by atoms with van der Waals surface area (Å²) in [5, 5.41) is 3.75. The number of ether oxygens (including phenoxy) is 3. The van der Waals surface area contributed by atoms with Crippen LogP contribution in [0.25, 0.3) is 0 Å². The van der Waals surface area contributed by atoms with E-state index >= 15 is 0 Å². The second-order valence-corrected chi connectivity index (χ2v) is 6.64. The first kappa shape index (κ1) is 20.2. The molecule has 29 heavy (non-hydrogen) atoms. The van der Waals surface area contributed by atoms with Crippen molar-refractivity contribution in [1.82, 2.24) is 16.0 Å². The Bertz CT molecular complexity index is 922. The molecule has 0 bridgehead atoms. The van der Waals surface area contributed by atoms with Crippen LogP contribution < -0.4 is 20.3 Å². The largest absolute Gasteiger partial charge is 0.485 e. The number of rotatable bonds is 5. The Balaban J connectivity index is 1.46. The van der Waals surface area contributed by atoms with E-state index in [1.165, 1.54) is 0 Å². The van der Waals surface area contributed by atoms with Gasteiger partial charge in [-0.3, -0.25) is 20.4 Å². The molecule has 154 valence electrons. The average molecular weight is 403 g/mol. The zero-order chi connectivity index (χ0) is 21.0. The van der Waals surface area contributed by atoms with E-state index in [0.717, 1.165) is 0 Å². The second kappa shape index (κ2) is 8.63. The summed E-state index contributed by atoms with van der Waals surface area (Å²) in [6, 6.07) is 6.93. The van der Waals surface area contributed by atoms with Gasteiger partial charge in [-0.05, 0) is 19.1 Å². The number of carbonyl (C=O) groups excluding carboxylic acids is 3. The number of hydrogen-bond donors (Lipinski definition) is 2. The molecule has 2 amide bonds. The first-order valence-corrected chi connectivity index (χ1v) is 8.97. The molecule has 2 aromatic rings. The van der Waals surface area contributed by atoms with Crippen LogP contribution in [0.4, 0.5) is 0 Å². The smallest absolute Gasteiger partial charge is 0.344 e. The van der Waals surface area contributed by atoms with Crippen LogP contribution in [-0.4, -0.2) is 42.3 Å². The van der Waals surface area contributed by atoms with Gasteiger partial charge in [0.15, 0.2) is 23.9 Å². The molecule has 1 atom stereocenters. The van der Waals surface area contributed by atoms with Crippen LogP contribution in [0.5, 0.6) is 11.5 Å². The van der Waals surface area contributed by atoms with Crippen molar-refractivity contribution in [1.29, 1.82) is 0 Å². The molecule has 10 heteroatoms. The minimum atomic E-state index is -0.930. The van der Waals surface area contributed by atoms with Crippen LogP contribution >= 0.6 is 0 Å². The predicted octanol–water partition coefficient (Wildman–Crippen LogP) is 1.25. The van der Waals surface area contributed by atoms with Gasteiger partial charge in [0, 0.05) is 5.92 Å². The van der Waals surface area contributed by atoms with Gasteiger partial charge in [-0.1, -0.05) is 31.1 Å². The van der Waals surface area contributed by atoms with Crippen molar-refractivity contribution in [2.45, 2.75) is 32.8 Å². The summed E-state index contributed by atoms with van der Waals surface area (Å²) < 4.78 is 21.1. The lowest BCUT2D eigenvalue weighted by molar-refractivity contribution is -0.135. The Morgan fingerprint density at radius 1 is 1.21 bits per heavy atom. The molecule has 2 heterocycles. The van der Waals surface area contributed by atoms with Crippen LogP contribution in [0.15, 0.2) is 28.8 Å². The molecule has 0 radical (unpaired) electrons. The molecule has 0 saturated carbocycles. The van der Waals surface area contributed by atoms with Crippen molar-refractivity contribution in [3.05, 3.63) is 41.3 Å². The van der Waals surface area contributed by atoms with E-state index in [0.29, 0.717) is 23.0 Å². The van der Waals surface area contributed by atoms with Crippen molar-refractivity contribution >= 4 is 17.8 Å². The van der Waals surface area contributed by atoms with Crippen LogP contribution in [0.1, 0.15) is 41.6 Å². The Hall–Kier alpha value is -3.56. The summed E-state index contributed by atoms with van der Waals surface area (Å²) >= 11 is 0. The van der Waals surface area contributed by atoms with Crippen molar-refractivity contribution in [2.75, 3.05) is 13.2 Å². The van der Waals surface area contributed by atoms with Gasteiger partial charge in [0.2, 0.25) is 6.10 Å². The van der Waals surface area contributed by atoms with Crippen LogP contribution in [0, 0.1) is 6.92 Å². The molecule has 0 spiro atoms. The highest BCUT2D eigenvalue weighted by atomic mass is 16.6. The highest BCUT2D eigenvalue weighted by molar-refractivity contribution is 5.93. The van der Waals surface area contributed by atoms with Gasteiger partial charge in [-0.15, -0.1) is 0 Å². The van der Waals surface area contributed by atoms with E-state index < -0.39 is 30.5 Å². The molecule has 1 aromatic carbocycles. The molecule has 0 saturated heterocycles. The van der Waals surface area contributed by atoms with Gasteiger partial charge in [0.1, 0.15) is 12.2 Å². The maximum absolute atomic E-state index is 12.2. The number of aryl methyl sites for hydroxylation is 1. The molecule has 1 aliphatic heterocycles. The summed E-state index contributed by atoms with van der Waals surface area (Å²) in [6.45, 7) is 4.70. The first-order chi connectivity index (χ1) is 13.9. The number of carbonyl (C=O) groups is 3. The lowest BCUT2D eigenvalue weighted by Crippen LogP contribution is -2.51. The summed E-state index contributed by atoms with van der Waals surface area (Å²) in [5.41, 5.74) is 4.96. The van der Waals surface area contributed by atoms with Crippen LogP contribution in [0.2, 0.25) is 0 Å². The number of esters is 1. The topological polar surface area (TPSA) is 129 Å². The third kappa shape index (κ3) is 4.65. The molecule has 0 aliphatic carbocycles. The second-order valence-electron chi connectivity index (χ2n) is 6.64. The van der Waals surface area contributed by atoms with Crippen LogP contribution in [0.3, 0.4) is 0 Å². The third-order valence-corrected chi connectivity index (χ3v) is 4.08. The Morgan fingerprint density at radius 3 is 2.66 bits per heavy atom. The zero-order valence-corrected chi connectivity index (χ0v) is 16.2. The van der Waals surface area contributed by atoms with E-state index in [9.17, 15) is 14.4 Å². The number of hydrogen-bond acceptors (Lipinski definition) is 8. The molecular weight excluding hydrogens is 382 g/mol. The highest BCUT2D eigenvalue weighted by Gasteiger charge is 2.28. The number of para-hydroxylation sites is 2. The maximum atomic E-state index is 12.2. The molecule has 2 N–H and O–H groups in total. The summed E-state index contributed by atoms with van der Waals surface area (Å²) in [5.74, 6) is -0.762. The number of nitrogens with zero attached hydrogens (tertiary/aromatic N) is 1. The van der Waals surface area contributed by atoms with Crippen molar-refractivity contribution in [3.63, 3.8) is 0 Å². The van der Waals surface area contributed by atoms with E-state index in [4.69, 9.17) is 18.7 Å². The predicted molar refractivity (Wildman–Crippen MR) is 98.2 cm³/mol. The first-order valence-electron chi connectivity index (χ1n) is 8.97. The van der Waals surface area contributed by atoms with Gasteiger partial charge >= 0.3 is 5.97 Å². The number of benzene rings is 1. The molecular formula is C19H21N3O7. The van der Waals surface area contributed by atoms with Gasteiger partial charge in [0.25, 0.3) is 11.8 Å². The van der Waals surface area contributed by atoms with Gasteiger partial charge in [-0.25, -0.2) is 4.79 Å². The summed E-state index contributed by atoms with van der Waals surface area (Å²) in [4.78, 5) is 36.3. The SMILES string of the molecule is Cc1noc(C(C)C)c1C(=O)OCC(=O)NNC(=O)[C@H]1COc2ccccc2O1. The van der Waals surface area contributed by atoms with Crippen molar-refractivity contribution < 1.29 is 33.1 Å². The molecule has 0 unspecified atom stereocenters. The van der Waals surface area contributed by atoms with Crippen molar-refractivity contribution in [3.8, 4) is 11.5 Å². The summed E-state index contributed by atoms with van der Waals surface area (Å²) in [6.07, 6.45) is -0.930. The number of hydrazine groups is 1. The fraction of sp³-hybridized carbons (Fsp3) is 0.368. The Kier molecular flexibility index (Phi) is 6.01. The molecule has 0 fully saturated rings.